The first-order chi connectivity index (χ1) is 10.2. The van der Waals surface area contributed by atoms with Gasteiger partial charge in [-0.15, -0.1) is 11.3 Å². The number of nitrogens with zero attached hydrogens (tertiary/aromatic N) is 2. The second kappa shape index (κ2) is 7.79. The predicted molar refractivity (Wildman–Crippen MR) is 85.5 cm³/mol. The minimum atomic E-state index is -0.0446. The predicted octanol–water partition coefficient (Wildman–Crippen LogP) is 2.95. The highest BCUT2D eigenvalue weighted by Crippen LogP contribution is 2.37. The lowest BCUT2D eigenvalue weighted by atomic mass is 10.1. The highest BCUT2D eigenvalue weighted by atomic mass is 35.5. The van der Waals surface area contributed by atoms with Crippen LogP contribution in [0.3, 0.4) is 0 Å². The Kier molecular flexibility index (Phi) is 6.05. The van der Waals surface area contributed by atoms with Crippen molar-refractivity contribution in [3.63, 3.8) is 0 Å². The van der Waals surface area contributed by atoms with E-state index < -0.39 is 0 Å². The van der Waals surface area contributed by atoms with Gasteiger partial charge >= 0.3 is 0 Å². The lowest BCUT2D eigenvalue weighted by Crippen LogP contribution is -2.25. The van der Waals surface area contributed by atoms with Crippen molar-refractivity contribution in [1.82, 2.24) is 15.1 Å². The van der Waals surface area contributed by atoms with Crippen LogP contribution in [-0.2, 0) is 11.3 Å². The summed E-state index contributed by atoms with van der Waals surface area (Å²) in [6.07, 6.45) is 1.68. The molecule has 0 bridgehead atoms. The Morgan fingerprint density at radius 1 is 1.48 bits per heavy atom. The van der Waals surface area contributed by atoms with Gasteiger partial charge in [0.15, 0.2) is 0 Å². The standard InChI is InChI=1S/C14H20ClN3O2S/c1-4-16-12(14-11(20-3)5-8-21-14)13-10(15)9-17-18(13)6-7-19-2/h5,8-9,12,16H,4,6-7H2,1-3H3. The Balaban J connectivity index is 2.40. The maximum atomic E-state index is 6.37. The molecule has 2 aromatic rings. The Bertz CT molecular complexity index is 570. The van der Waals surface area contributed by atoms with E-state index in [9.17, 15) is 0 Å². The summed E-state index contributed by atoms with van der Waals surface area (Å²) >= 11 is 8.01. The molecule has 5 nitrogen and oxygen atoms in total. The topological polar surface area (TPSA) is 48.3 Å². The van der Waals surface area contributed by atoms with E-state index in [1.165, 1.54) is 0 Å². The first-order valence-electron chi connectivity index (χ1n) is 6.77. The number of hydrogen-bond acceptors (Lipinski definition) is 5. The largest absolute Gasteiger partial charge is 0.496 e. The summed E-state index contributed by atoms with van der Waals surface area (Å²) in [5.41, 5.74) is 0.941. The quantitative estimate of drug-likeness (QED) is 0.809. The van der Waals surface area contributed by atoms with Crippen molar-refractivity contribution >= 4 is 22.9 Å². The van der Waals surface area contributed by atoms with Gasteiger partial charge in [-0.25, -0.2) is 0 Å². The van der Waals surface area contributed by atoms with Crippen LogP contribution in [0, 0.1) is 0 Å². The molecule has 21 heavy (non-hydrogen) atoms. The van der Waals surface area contributed by atoms with Crippen LogP contribution < -0.4 is 10.1 Å². The summed E-state index contributed by atoms with van der Waals surface area (Å²) in [4.78, 5) is 1.10. The van der Waals surface area contributed by atoms with E-state index in [1.807, 2.05) is 16.1 Å². The van der Waals surface area contributed by atoms with Crippen LogP contribution in [0.25, 0.3) is 0 Å². The minimum Gasteiger partial charge on any atom is -0.496 e. The monoisotopic (exact) mass is 329 g/mol. The normalized spacial score (nSPS) is 12.6. The third kappa shape index (κ3) is 3.58. The smallest absolute Gasteiger partial charge is 0.134 e. The van der Waals surface area contributed by atoms with Gasteiger partial charge in [-0.2, -0.15) is 5.10 Å². The van der Waals surface area contributed by atoms with E-state index in [-0.39, 0.29) is 6.04 Å². The second-order valence-corrected chi connectivity index (χ2v) is 5.79. The maximum Gasteiger partial charge on any atom is 0.134 e. The van der Waals surface area contributed by atoms with Crippen LogP contribution in [0.2, 0.25) is 5.02 Å². The maximum absolute atomic E-state index is 6.37. The van der Waals surface area contributed by atoms with Gasteiger partial charge in [0.25, 0.3) is 0 Å². The SMILES string of the molecule is CCNC(c1sccc1OC)c1c(Cl)cnn1CCOC. The van der Waals surface area contributed by atoms with Crippen molar-refractivity contribution in [2.75, 3.05) is 27.4 Å². The molecule has 0 fully saturated rings. The lowest BCUT2D eigenvalue weighted by molar-refractivity contribution is 0.182. The van der Waals surface area contributed by atoms with Crippen LogP contribution in [0.1, 0.15) is 23.5 Å². The molecule has 1 atom stereocenters. The molecule has 7 heteroatoms. The lowest BCUT2D eigenvalue weighted by Gasteiger charge is -2.20. The van der Waals surface area contributed by atoms with Crippen LogP contribution in [0.4, 0.5) is 0 Å². The van der Waals surface area contributed by atoms with Gasteiger partial charge in [0.05, 0.1) is 48.1 Å². The van der Waals surface area contributed by atoms with Crippen molar-refractivity contribution in [2.24, 2.45) is 0 Å². The summed E-state index contributed by atoms with van der Waals surface area (Å²) in [5, 5.41) is 10.5. The fourth-order valence-corrected chi connectivity index (χ4v) is 3.41. The first-order valence-corrected chi connectivity index (χ1v) is 8.03. The van der Waals surface area contributed by atoms with Crippen molar-refractivity contribution in [2.45, 2.75) is 19.5 Å². The molecule has 0 saturated heterocycles. The van der Waals surface area contributed by atoms with Gasteiger partial charge in [-0.1, -0.05) is 18.5 Å². The number of thiophene rings is 1. The fourth-order valence-electron chi connectivity index (χ4n) is 2.22. The number of hydrogen-bond donors (Lipinski definition) is 1. The molecule has 1 unspecified atom stereocenters. The van der Waals surface area contributed by atoms with Gasteiger partial charge < -0.3 is 14.8 Å². The number of nitrogens with one attached hydrogen (secondary N) is 1. The van der Waals surface area contributed by atoms with Gasteiger partial charge in [0.1, 0.15) is 5.75 Å². The zero-order valence-corrected chi connectivity index (χ0v) is 14.0. The molecule has 0 saturated carbocycles. The average molecular weight is 330 g/mol. The molecule has 0 radical (unpaired) electrons. The van der Waals surface area contributed by atoms with Gasteiger partial charge in [0.2, 0.25) is 0 Å². The van der Waals surface area contributed by atoms with Crippen molar-refractivity contribution in [1.29, 1.82) is 0 Å². The Hall–Kier alpha value is -1.08. The molecule has 116 valence electrons. The van der Waals surface area contributed by atoms with Crippen LogP contribution in [-0.4, -0.2) is 37.2 Å². The zero-order valence-electron chi connectivity index (χ0n) is 12.4. The van der Waals surface area contributed by atoms with E-state index in [0.29, 0.717) is 18.2 Å². The zero-order chi connectivity index (χ0) is 15.2. The van der Waals surface area contributed by atoms with Crippen LogP contribution >= 0.6 is 22.9 Å². The molecular weight excluding hydrogens is 310 g/mol. The summed E-state index contributed by atoms with van der Waals surface area (Å²) in [6, 6.07) is 1.92. The van der Waals surface area contributed by atoms with E-state index in [0.717, 1.165) is 22.9 Å². The van der Waals surface area contributed by atoms with Crippen LogP contribution in [0.15, 0.2) is 17.6 Å². The van der Waals surface area contributed by atoms with Crippen molar-refractivity contribution in [3.05, 3.63) is 33.2 Å². The molecule has 0 aliphatic heterocycles. The molecule has 0 aliphatic rings. The fraction of sp³-hybridized carbons (Fsp3) is 0.500. The van der Waals surface area contributed by atoms with E-state index >= 15 is 0 Å². The Morgan fingerprint density at radius 2 is 2.29 bits per heavy atom. The number of methoxy groups -OCH3 is 2. The van der Waals surface area contributed by atoms with E-state index in [2.05, 4.69) is 17.3 Å². The number of rotatable bonds is 8. The minimum absolute atomic E-state index is 0.0446. The average Bonchev–Trinajstić information content (AvgIpc) is 3.09. The Labute approximate surface area is 133 Å². The van der Waals surface area contributed by atoms with E-state index in [4.69, 9.17) is 21.1 Å². The second-order valence-electron chi connectivity index (χ2n) is 4.44. The molecule has 2 heterocycles. The summed E-state index contributed by atoms with van der Waals surface area (Å²) in [6.45, 7) is 4.13. The Morgan fingerprint density at radius 3 is 2.95 bits per heavy atom. The number of ether oxygens (including phenoxy) is 2. The van der Waals surface area contributed by atoms with Crippen molar-refractivity contribution in [3.8, 4) is 5.75 Å². The molecule has 1 N–H and O–H groups in total. The van der Waals surface area contributed by atoms with Crippen LogP contribution in [0.5, 0.6) is 5.75 Å². The summed E-state index contributed by atoms with van der Waals surface area (Å²) < 4.78 is 12.5. The number of aromatic nitrogens is 2. The summed E-state index contributed by atoms with van der Waals surface area (Å²) in [7, 11) is 3.35. The summed E-state index contributed by atoms with van der Waals surface area (Å²) in [5.74, 6) is 0.863. The van der Waals surface area contributed by atoms with Crippen molar-refractivity contribution < 1.29 is 9.47 Å². The molecular formula is C14H20ClN3O2S. The van der Waals surface area contributed by atoms with Gasteiger partial charge in [-0.3, -0.25) is 4.68 Å². The van der Waals surface area contributed by atoms with Gasteiger partial charge in [-0.05, 0) is 18.0 Å². The molecule has 2 aromatic heterocycles. The molecule has 0 spiro atoms. The molecule has 0 aromatic carbocycles. The first kappa shape index (κ1) is 16.3. The van der Waals surface area contributed by atoms with E-state index in [1.54, 1.807) is 31.8 Å². The number of halogens is 1. The third-order valence-corrected chi connectivity index (χ3v) is 4.42. The third-order valence-electron chi connectivity index (χ3n) is 3.16. The highest BCUT2D eigenvalue weighted by Gasteiger charge is 2.25. The highest BCUT2D eigenvalue weighted by molar-refractivity contribution is 7.10. The molecule has 0 aliphatic carbocycles. The van der Waals surface area contributed by atoms with Gasteiger partial charge in [0, 0.05) is 7.11 Å². The molecule has 2 rings (SSSR count). The molecule has 0 amide bonds.